The highest BCUT2D eigenvalue weighted by Gasteiger charge is 2.50. The molecule has 2 heterocycles. The van der Waals surface area contributed by atoms with Gasteiger partial charge in [-0.1, -0.05) is 19.9 Å². The molecule has 5 unspecified atom stereocenters. The standard InChI is InChI=1S/C25H33F3N2O3/c1-14-6-7-19-21(22(14)33-25(26,27)28)18(12-29-19)15(2)8-20(31)30-16(3)9-23(4)10-17(30)11-24(5,32)13-23/h6-7,12,15-17,29,32H,8-11,13H2,1-5H3. The van der Waals surface area contributed by atoms with Gasteiger partial charge in [0.25, 0.3) is 0 Å². The molecule has 0 spiro atoms. The van der Waals surface area contributed by atoms with E-state index in [1.54, 1.807) is 25.3 Å². The van der Waals surface area contributed by atoms with Gasteiger partial charge in [0.2, 0.25) is 5.91 Å². The maximum atomic E-state index is 13.5. The van der Waals surface area contributed by atoms with E-state index in [2.05, 4.69) is 23.6 Å². The van der Waals surface area contributed by atoms with Crippen LogP contribution in [0.5, 0.6) is 5.75 Å². The van der Waals surface area contributed by atoms with Crippen LogP contribution in [0.15, 0.2) is 18.3 Å². The number of aromatic amines is 1. The highest BCUT2D eigenvalue weighted by atomic mass is 19.4. The summed E-state index contributed by atoms with van der Waals surface area (Å²) >= 11 is 0. The molecule has 2 aliphatic rings. The van der Waals surface area contributed by atoms with Gasteiger partial charge in [0, 0.05) is 35.6 Å². The maximum Gasteiger partial charge on any atom is 0.573 e. The van der Waals surface area contributed by atoms with Crippen molar-refractivity contribution in [3.8, 4) is 5.75 Å². The van der Waals surface area contributed by atoms with Crippen LogP contribution in [0.1, 0.15) is 76.8 Å². The monoisotopic (exact) mass is 466 g/mol. The SMILES string of the molecule is Cc1ccc2[nH]cc(C(C)CC(=O)N3C(C)CC4(C)CC3CC(C)(O)C4)c2c1OC(F)(F)F. The number of aliphatic hydroxyl groups is 1. The summed E-state index contributed by atoms with van der Waals surface area (Å²) in [5.74, 6) is -0.561. The largest absolute Gasteiger partial charge is 0.573 e. The number of ether oxygens (including phenoxy) is 1. The van der Waals surface area contributed by atoms with Crippen molar-refractivity contribution in [1.29, 1.82) is 0 Å². The number of aromatic nitrogens is 1. The van der Waals surface area contributed by atoms with Crippen LogP contribution in [0.4, 0.5) is 13.2 Å². The van der Waals surface area contributed by atoms with Gasteiger partial charge in [0.1, 0.15) is 5.75 Å². The molecule has 5 atom stereocenters. The van der Waals surface area contributed by atoms with Crippen molar-refractivity contribution in [3.63, 3.8) is 0 Å². The fraction of sp³-hybridized carbons (Fsp3) is 0.640. The summed E-state index contributed by atoms with van der Waals surface area (Å²) < 4.78 is 43.6. The number of carbonyl (C=O) groups is 1. The number of nitrogens with zero attached hydrogens (tertiary/aromatic N) is 1. The first kappa shape index (κ1) is 23.9. The zero-order valence-corrected chi connectivity index (χ0v) is 19.8. The first-order valence-electron chi connectivity index (χ1n) is 11.6. The molecule has 1 amide bonds. The number of aryl methyl sites for hydroxylation is 1. The van der Waals surface area contributed by atoms with Gasteiger partial charge in [-0.05, 0) is 75.0 Å². The summed E-state index contributed by atoms with van der Waals surface area (Å²) in [6.07, 6.45) is 0.0117. The first-order chi connectivity index (χ1) is 15.2. The molecule has 2 N–H and O–H groups in total. The molecule has 182 valence electrons. The van der Waals surface area contributed by atoms with E-state index >= 15 is 0 Å². The van der Waals surface area contributed by atoms with E-state index in [4.69, 9.17) is 0 Å². The van der Waals surface area contributed by atoms with Crippen LogP contribution in [0.3, 0.4) is 0 Å². The second kappa shape index (κ2) is 7.93. The number of benzene rings is 1. The second-order valence-corrected chi connectivity index (χ2v) is 10.9. The normalized spacial score (nSPS) is 31.0. The Hall–Kier alpha value is -2.22. The molecule has 2 aromatic rings. The smallest absolute Gasteiger partial charge is 0.405 e. The molecular formula is C25H33F3N2O3. The van der Waals surface area contributed by atoms with Gasteiger partial charge < -0.3 is 19.7 Å². The molecule has 5 nitrogen and oxygen atoms in total. The van der Waals surface area contributed by atoms with Crippen LogP contribution in [-0.2, 0) is 4.79 Å². The molecule has 1 aliphatic carbocycles. The number of alkyl halides is 3. The fourth-order valence-corrected chi connectivity index (χ4v) is 6.62. The predicted molar refractivity (Wildman–Crippen MR) is 120 cm³/mol. The lowest BCUT2D eigenvalue weighted by molar-refractivity contribution is -0.274. The highest BCUT2D eigenvalue weighted by molar-refractivity contribution is 5.91. The summed E-state index contributed by atoms with van der Waals surface area (Å²) in [4.78, 5) is 18.4. The Kier molecular flexibility index (Phi) is 5.75. The Morgan fingerprint density at radius 2 is 2.00 bits per heavy atom. The van der Waals surface area contributed by atoms with Gasteiger partial charge in [0.05, 0.1) is 5.60 Å². The molecule has 2 bridgehead atoms. The van der Waals surface area contributed by atoms with E-state index < -0.39 is 12.0 Å². The fourth-order valence-electron chi connectivity index (χ4n) is 6.62. The molecule has 1 saturated heterocycles. The van der Waals surface area contributed by atoms with Crippen LogP contribution in [-0.4, -0.2) is 44.9 Å². The van der Waals surface area contributed by atoms with E-state index in [1.807, 2.05) is 18.7 Å². The van der Waals surface area contributed by atoms with Crippen LogP contribution in [0.2, 0.25) is 0 Å². The van der Waals surface area contributed by atoms with Gasteiger partial charge in [0.15, 0.2) is 0 Å². The van der Waals surface area contributed by atoms with E-state index in [1.165, 1.54) is 0 Å². The molecule has 1 aromatic carbocycles. The predicted octanol–water partition coefficient (Wildman–Crippen LogP) is 5.80. The van der Waals surface area contributed by atoms with Crippen LogP contribution < -0.4 is 4.74 Å². The van der Waals surface area contributed by atoms with Gasteiger partial charge in [-0.15, -0.1) is 13.2 Å². The molecule has 1 aliphatic heterocycles. The van der Waals surface area contributed by atoms with Crippen molar-refractivity contribution in [2.24, 2.45) is 5.41 Å². The molecule has 4 rings (SSSR count). The number of halogens is 3. The van der Waals surface area contributed by atoms with Crippen molar-refractivity contribution < 1.29 is 27.8 Å². The molecule has 0 radical (unpaired) electrons. The van der Waals surface area contributed by atoms with Crippen molar-refractivity contribution in [1.82, 2.24) is 9.88 Å². The number of piperidine rings is 1. The number of amides is 1. The number of fused-ring (bicyclic) bond motifs is 3. The topological polar surface area (TPSA) is 65.6 Å². The zero-order valence-electron chi connectivity index (χ0n) is 19.8. The van der Waals surface area contributed by atoms with Gasteiger partial charge in [-0.25, -0.2) is 0 Å². The minimum absolute atomic E-state index is 0.00638. The summed E-state index contributed by atoms with van der Waals surface area (Å²) in [6.45, 7) is 9.52. The Labute approximate surface area is 192 Å². The highest BCUT2D eigenvalue weighted by Crippen LogP contribution is 2.50. The molecule has 33 heavy (non-hydrogen) atoms. The third-order valence-electron chi connectivity index (χ3n) is 7.41. The van der Waals surface area contributed by atoms with Crippen molar-refractivity contribution in [3.05, 3.63) is 29.5 Å². The Balaban J connectivity index is 1.60. The number of hydrogen-bond donors (Lipinski definition) is 2. The maximum absolute atomic E-state index is 13.5. The van der Waals surface area contributed by atoms with E-state index in [0.717, 1.165) is 19.3 Å². The number of carbonyl (C=O) groups excluding carboxylic acids is 1. The molecule has 2 fully saturated rings. The summed E-state index contributed by atoms with van der Waals surface area (Å²) in [6, 6.07) is 3.33. The lowest BCUT2D eigenvalue weighted by Gasteiger charge is -2.56. The summed E-state index contributed by atoms with van der Waals surface area (Å²) in [5.41, 5.74) is 0.755. The van der Waals surface area contributed by atoms with Gasteiger partial charge >= 0.3 is 6.36 Å². The molecule has 8 heteroatoms. The van der Waals surface area contributed by atoms with Crippen molar-refractivity contribution in [2.75, 3.05) is 0 Å². The molecule has 1 saturated carbocycles. The average Bonchev–Trinajstić information content (AvgIpc) is 3.05. The molecular weight excluding hydrogens is 433 g/mol. The van der Waals surface area contributed by atoms with Gasteiger partial charge in [-0.2, -0.15) is 0 Å². The Morgan fingerprint density at radius 3 is 2.67 bits per heavy atom. The van der Waals surface area contributed by atoms with Crippen LogP contribution in [0, 0.1) is 12.3 Å². The first-order valence-corrected chi connectivity index (χ1v) is 11.6. The zero-order chi connectivity index (χ0) is 24.3. The number of H-pyrrole nitrogens is 1. The van der Waals surface area contributed by atoms with E-state index in [-0.39, 0.29) is 41.5 Å². The quantitative estimate of drug-likeness (QED) is 0.599. The van der Waals surface area contributed by atoms with Gasteiger partial charge in [-0.3, -0.25) is 4.79 Å². The number of nitrogens with one attached hydrogen (secondary N) is 1. The molecule has 1 aromatic heterocycles. The number of rotatable bonds is 4. The number of likely N-dealkylation sites (tertiary alicyclic amines) is 1. The number of hydrogen-bond acceptors (Lipinski definition) is 3. The average molecular weight is 467 g/mol. The van der Waals surface area contributed by atoms with E-state index in [9.17, 15) is 23.1 Å². The third-order valence-corrected chi connectivity index (χ3v) is 7.41. The lowest BCUT2D eigenvalue weighted by Crippen LogP contribution is -2.60. The van der Waals surface area contributed by atoms with Crippen LogP contribution >= 0.6 is 0 Å². The third kappa shape index (κ3) is 4.72. The van der Waals surface area contributed by atoms with Crippen molar-refractivity contribution in [2.45, 2.75) is 96.7 Å². The van der Waals surface area contributed by atoms with Crippen molar-refractivity contribution >= 4 is 16.8 Å². The van der Waals surface area contributed by atoms with Crippen LogP contribution in [0.25, 0.3) is 10.9 Å². The minimum Gasteiger partial charge on any atom is -0.405 e. The summed E-state index contributed by atoms with van der Waals surface area (Å²) in [5, 5.41) is 11.2. The second-order valence-electron chi connectivity index (χ2n) is 10.9. The minimum atomic E-state index is -4.81. The van der Waals surface area contributed by atoms with E-state index in [0.29, 0.717) is 28.5 Å². The Bertz CT molecular complexity index is 1060. The summed E-state index contributed by atoms with van der Waals surface area (Å²) in [7, 11) is 0. The lowest BCUT2D eigenvalue weighted by atomic mass is 9.61. The Morgan fingerprint density at radius 1 is 1.30 bits per heavy atom.